The minimum Gasteiger partial charge on any atom is -0.487 e. The lowest BCUT2D eigenvalue weighted by Crippen LogP contribution is -2.39. The van der Waals surface area contributed by atoms with Gasteiger partial charge in [0.25, 0.3) is 5.91 Å². The fourth-order valence-corrected chi connectivity index (χ4v) is 1.65. The van der Waals surface area contributed by atoms with Crippen molar-refractivity contribution >= 4 is 17.6 Å². The fraction of sp³-hybridized carbons (Fsp3) is 0.429. The molecule has 0 heterocycles. The van der Waals surface area contributed by atoms with Crippen molar-refractivity contribution in [2.75, 3.05) is 13.7 Å². The van der Waals surface area contributed by atoms with Crippen molar-refractivity contribution in [2.24, 2.45) is 0 Å². The summed E-state index contributed by atoms with van der Waals surface area (Å²) in [6.07, 6.45) is 0.674. The molecule has 1 aromatic rings. The minimum absolute atomic E-state index is 0.0187. The molecule has 22 heavy (non-hydrogen) atoms. The van der Waals surface area contributed by atoms with Gasteiger partial charge in [-0.25, -0.2) is 4.79 Å². The molecule has 120 valence electrons. The third-order valence-corrected chi connectivity index (χ3v) is 2.78. The fourth-order valence-electron chi connectivity index (χ4n) is 1.65. The van der Waals surface area contributed by atoms with Crippen molar-refractivity contribution in [1.29, 1.82) is 0 Å². The van der Waals surface area contributed by atoms with Gasteiger partial charge in [0.15, 0.2) is 5.75 Å². The zero-order valence-corrected chi connectivity index (χ0v) is 12.6. The van der Waals surface area contributed by atoms with Gasteiger partial charge >= 0.3 is 11.7 Å². The molecule has 1 atom stereocenters. The van der Waals surface area contributed by atoms with E-state index in [1.165, 1.54) is 32.2 Å². The molecule has 0 saturated carbocycles. The van der Waals surface area contributed by atoms with E-state index in [-0.39, 0.29) is 17.0 Å². The summed E-state index contributed by atoms with van der Waals surface area (Å²) in [5, 5.41) is 13.4. The van der Waals surface area contributed by atoms with Crippen LogP contribution >= 0.6 is 0 Å². The van der Waals surface area contributed by atoms with E-state index in [9.17, 15) is 19.7 Å². The minimum atomic E-state index is -0.826. The average Bonchev–Trinajstić information content (AvgIpc) is 2.51. The Morgan fingerprint density at radius 1 is 1.41 bits per heavy atom. The van der Waals surface area contributed by atoms with Gasteiger partial charge in [-0.05, 0) is 19.4 Å². The van der Waals surface area contributed by atoms with Crippen LogP contribution in [-0.4, -0.2) is 36.6 Å². The van der Waals surface area contributed by atoms with E-state index >= 15 is 0 Å². The smallest absolute Gasteiger partial charge is 0.328 e. The van der Waals surface area contributed by atoms with Crippen LogP contribution in [0.15, 0.2) is 18.2 Å². The van der Waals surface area contributed by atoms with E-state index in [2.05, 4.69) is 10.1 Å². The van der Waals surface area contributed by atoms with Crippen molar-refractivity contribution < 1.29 is 24.0 Å². The van der Waals surface area contributed by atoms with Crippen molar-refractivity contribution in [3.8, 4) is 5.75 Å². The summed E-state index contributed by atoms with van der Waals surface area (Å²) in [6, 6.07) is 2.96. The third-order valence-electron chi connectivity index (χ3n) is 2.78. The number of rotatable bonds is 7. The van der Waals surface area contributed by atoms with Crippen molar-refractivity contribution in [3.05, 3.63) is 33.9 Å². The number of nitrogens with one attached hydrogen (secondary N) is 1. The first-order valence-corrected chi connectivity index (χ1v) is 6.70. The summed E-state index contributed by atoms with van der Waals surface area (Å²) in [6.45, 7) is 3.63. The number of benzene rings is 1. The predicted molar refractivity (Wildman–Crippen MR) is 77.8 cm³/mol. The molecule has 1 rings (SSSR count). The molecule has 0 aromatic heterocycles. The number of nitrogens with zero attached hydrogens (tertiary/aromatic N) is 1. The number of carbonyl (C=O) groups excluding carboxylic acids is 2. The Morgan fingerprint density at radius 3 is 2.64 bits per heavy atom. The normalized spacial score (nSPS) is 11.4. The van der Waals surface area contributed by atoms with Gasteiger partial charge in [0.2, 0.25) is 0 Å². The Labute approximate surface area is 127 Å². The van der Waals surface area contributed by atoms with Gasteiger partial charge in [0, 0.05) is 17.7 Å². The summed E-state index contributed by atoms with van der Waals surface area (Å²) in [7, 11) is 1.22. The first kappa shape index (κ1) is 17.4. The van der Waals surface area contributed by atoms with Gasteiger partial charge in [-0.3, -0.25) is 14.9 Å². The predicted octanol–water partition coefficient (Wildman–Crippen LogP) is 1.67. The number of ether oxygens (including phenoxy) is 2. The lowest BCUT2D eigenvalue weighted by Gasteiger charge is -2.12. The SMILES string of the molecule is CCCOc1cc(C(=O)N[C@@H](C)C(=O)OC)ccc1[N+](=O)[O-]. The molecule has 0 saturated heterocycles. The van der Waals surface area contributed by atoms with Crippen LogP contribution in [0.1, 0.15) is 30.6 Å². The molecule has 0 spiro atoms. The highest BCUT2D eigenvalue weighted by molar-refractivity contribution is 5.97. The maximum Gasteiger partial charge on any atom is 0.328 e. The topological polar surface area (TPSA) is 108 Å². The number of esters is 1. The molecule has 0 bridgehead atoms. The number of amides is 1. The number of methoxy groups -OCH3 is 1. The van der Waals surface area contributed by atoms with Crippen LogP contribution in [0.2, 0.25) is 0 Å². The first-order chi connectivity index (χ1) is 10.4. The van der Waals surface area contributed by atoms with Crippen molar-refractivity contribution in [3.63, 3.8) is 0 Å². The Hall–Kier alpha value is -2.64. The molecule has 0 aliphatic carbocycles. The van der Waals surface area contributed by atoms with Crippen molar-refractivity contribution in [1.82, 2.24) is 5.32 Å². The molecule has 8 nitrogen and oxygen atoms in total. The summed E-state index contributed by atoms with van der Waals surface area (Å²) < 4.78 is 9.81. The summed E-state index contributed by atoms with van der Waals surface area (Å²) in [4.78, 5) is 33.7. The second kappa shape index (κ2) is 7.96. The second-order valence-electron chi connectivity index (χ2n) is 4.51. The second-order valence-corrected chi connectivity index (χ2v) is 4.51. The number of nitro groups is 1. The van der Waals surface area contributed by atoms with Crippen molar-refractivity contribution in [2.45, 2.75) is 26.3 Å². The number of hydrogen-bond acceptors (Lipinski definition) is 6. The molecule has 0 unspecified atom stereocenters. The van der Waals surface area contributed by atoms with E-state index in [1.54, 1.807) is 0 Å². The van der Waals surface area contributed by atoms with Gasteiger partial charge < -0.3 is 14.8 Å². The zero-order chi connectivity index (χ0) is 16.7. The molecule has 0 fully saturated rings. The summed E-state index contributed by atoms with van der Waals surface area (Å²) >= 11 is 0. The van der Waals surface area contributed by atoms with E-state index in [0.29, 0.717) is 13.0 Å². The first-order valence-electron chi connectivity index (χ1n) is 6.70. The lowest BCUT2D eigenvalue weighted by molar-refractivity contribution is -0.385. The molecule has 0 radical (unpaired) electrons. The Balaban J connectivity index is 2.97. The lowest BCUT2D eigenvalue weighted by atomic mass is 10.1. The summed E-state index contributed by atoms with van der Waals surface area (Å²) in [5.41, 5.74) is -0.0570. The van der Waals surface area contributed by atoms with Crippen LogP contribution in [0.5, 0.6) is 5.75 Å². The molecule has 0 aliphatic heterocycles. The Kier molecular flexibility index (Phi) is 6.30. The standard InChI is InChI=1S/C14H18N2O6/c1-4-7-22-12-8-10(5-6-11(12)16(19)20)13(17)15-9(2)14(18)21-3/h5-6,8-9H,4,7H2,1-3H3,(H,15,17)/t9-/m0/s1. The van der Waals surface area contributed by atoms with E-state index in [0.717, 1.165) is 0 Å². The van der Waals surface area contributed by atoms with Crippen LogP contribution in [-0.2, 0) is 9.53 Å². The van der Waals surface area contributed by atoms with Crippen LogP contribution in [0.25, 0.3) is 0 Å². The highest BCUT2D eigenvalue weighted by atomic mass is 16.6. The highest BCUT2D eigenvalue weighted by Gasteiger charge is 2.21. The number of nitro benzene ring substituents is 1. The van der Waals surface area contributed by atoms with Crippen LogP contribution in [0, 0.1) is 10.1 Å². The number of carbonyl (C=O) groups is 2. The van der Waals surface area contributed by atoms with Gasteiger partial charge in [-0.2, -0.15) is 0 Å². The molecule has 8 heteroatoms. The summed E-state index contributed by atoms with van der Waals surface area (Å²) in [5.74, 6) is -1.11. The van der Waals surface area contributed by atoms with Crippen LogP contribution < -0.4 is 10.1 Å². The molecular formula is C14H18N2O6. The van der Waals surface area contributed by atoms with E-state index in [1.807, 2.05) is 6.92 Å². The monoisotopic (exact) mass is 310 g/mol. The molecule has 1 aromatic carbocycles. The largest absolute Gasteiger partial charge is 0.487 e. The zero-order valence-electron chi connectivity index (χ0n) is 12.6. The van der Waals surface area contributed by atoms with Crippen LogP contribution in [0.4, 0.5) is 5.69 Å². The maximum absolute atomic E-state index is 12.0. The molecule has 1 amide bonds. The highest BCUT2D eigenvalue weighted by Crippen LogP contribution is 2.28. The maximum atomic E-state index is 12.0. The quantitative estimate of drug-likeness (QED) is 0.466. The van der Waals surface area contributed by atoms with Gasteiger partial charge in [-0.1, -0.05) is 6.92 Å². The van der Waals surface area contributed by atoms with Gasteiger partial charge in [0.05, 0.1) is 18.6 Å². The van der Waals surface area contributed by atoms with E-state index < -0.39 is 22.8 Å². The molecular weight excluding hydrogens is 292 g/mol. The van der Waals surface area contributed by atoms with Gasteiger partial charge in [-0.15, -0.1) is 0 Å². The Morgan fingerprint density at radius 2 is 2.09 bits per heavy atom. The third kappa shape index (κ3) is 4.44. The van der Waals surface area contributed by atoms with Gasteiger partial charge in [0.1, 0.15) is 6.04 Å². The van der Waals surface area contributed by atoms with Crippen LogP contribution in [0.3, 0.4) is 0 Å². The molecule has 1 N–H and O–H groups in total. The number of hydrogen-bond donors (Lipinski definition) is 1. The average molecular weight is 310 g/mol. The van der Waals surface area contributed by atoms with E-state index in [4.69, 9.17) is 4.74 Å². The Bertz CT molecular complexity index is 572. The molecule has 0 aliphatic rings.